The van der Waals surface area contributed by atoms with Crippen molar-refractivity contribution in [2.24, 2.45) is 0 Å². The molecule has 8 nitrogen and oxygen atoms in total. The van der Waals surface area contributed by atoms with Crippen LogP contribution in [0.5, 0.6) is 0 Å². The molecule has 0 atom stereocenters. The molecule has 14 heavy (non-hydrogen) atoms. The van der Waals surface area contributed by atoms with Crippen molar-refractivity contribution in [2.75, 3.05) is 36.5 Å². The van der Waals surface area contributed by atoms with Crippen LogP contribution in [-0.2, 0) is 0 Å². The van der Waals surface area contributed by atoms with Crippen LogP contribution in [0, 0.1) is 0 Å². The van der Waals surface area contributed by atoms with Crippen LogP contribution in [0.15, 0.2) is 0 Å². The molecule has 8 heteroatoms. The highest BCUT2D eigenvalue weighted by Crippen LogP contribution is 2.07. The Balaban J connectivity index is 2.88. The predicted octanol–water partition coefficient (Wildman–Crippen LogP) is -1.36. The summed E-state index contributed by atoms with van der Waals surface area (Å²) in [4.78, 5) is 11.7. The Morgan fingerprint density at radius 1 is 0.929 bits per heavy atom. The highest BCUT2D eigenvalue weighted by molar-refractivity contribution is 5.41. The Morgan fingerprint density at radius 2 is 1.36 bits per heavy atom. The number of aliphatic hydroxyl groups is 2. The number of nitrogens with one attached hydrogen (secondary N) is 3. The lowest BCUT2D eigenvalue weighted by Crippen LogP contribution is -2.11. The maximum Gasteiger partial charge on any atom is 0.231 e. The highest BCUT2D eigenvalue weighted by Gasteiger charge is 2.03. The molecule has 5 N–H and O–H groups in total. The molecule has 78 valence electrons. The van der Waals surface area contributed by atoms with Crippen molar-refractivity contribution < 1.29 is 10.2 Å². The molecule has 0 amide bonds. The summed E-state index contributed by atoms with van der Waals surface area (Å²) in [6, 6.07) is 0. The minimum atomic E-state index is -0.272. The van der Waals surface area contributed by atoms with Gasteiger partial charge in [0.25, 0.3) is 0 Å². The van der Waals surface area contributed by atoms with E-state index in [9.17, 15) is 0 Å². The minimum Gasteiger partial charge on any atom is -0.376 e. The van der Waals surface area contributed by atoms with Gasteiger partial charge in [0.15, 0.2) is 0 Å². The van der Waals surface area contributed by atoms with Crippen molar-refractivity contribution in [3.8, 4) is 0 Å². The molecule has 0 bridgehead atoms. The van der Waals surface area contributed by atoms with E-state index in [1.54, 1.807) is 7.05 Å². The average Bonchev–Trinajstić information content (AvgIpc) is 2.18. The summed E-state index contributed by atoms with van der Waals surface area (Å²) in [7, 11) is 1.65. The van der Waals surface area contributed by atoms with Crippen molar-refractivity contribution in [3.05, 3.63) is 0 Å². The maximum absolute atomic E-state index is 8.60. The number of hydrogen-bond acceptors (Lipinski definition) is 8. The lowest BCUT2D eigenvalue weighted by atomic mass is 10.8. The molecule has 0 fully saturated rings. The van der Waals surface area contributed by atoms with E-state index in [0.717, 1.165) is 0 Å². The molecule has 1 rings (SSSR count). The zero-order valence-corrected chi connectivity index (χ0v) is 7.65. The number of aliphatic hydroxyl groups excluding tert-OH is 2. The monoisotopic (exact) mass is 200 g/mol. The van der Waals surface area contributed by atoms with Gasteiger partial charge in [-0.15, -0.1) is 0 Å². The quantitative estimate of drug-likeness (QED) is 0.370. The fourth-order valence-electron chi connectivity index (χ4n) is 0.787. The zero-order valence-electron chi connectivity index (χ0n) is 7.65. The number of nitrogens with zero attached hydrogens (tertiary/aromatic N) is 3. The van der Waals surface area contributed by atoms with Gasteiger partial charge in [-0.1, -0.05) is 0 Å². The van der Waals surface area contributed by atoms with E-state index in [-0.39, 0.29) is 25.4 Å². The maximum atomic E-state index is 8.60. The van der Waals surface area contributed by atoms with Crippen LogP contribution in [0.2, 0.25) is 0 Å². The van der Waals surface area contributed by atoms with E-state index in [1.165, 1.54) is 0 Å². The van der Waals surface area contributed by atoms with Gasteiger partial charge in [0.2, 0.25) is 17.8 Å². The molecule has 0 aromatic carbocycles. The van der Waals surface area contributed by atoms with Crippen LogP contribution in [-0.4, -0.2) is 45.7 Å². The van der Waals surface area contributed by atoms with Gasteiger partial charge < -0.3 is 26.2 Å². The largest absolute Gasteiger partial charge is 0.376 e. The van der Waals surface area contributed by atoms with Crippen LogP contribution in [0.3, 0.4) is 0 Å². The first kappa shape index (κ1) is 10.4. The summed E-state index contributed by atoms with van der Waals surface area (Å²) in [5.74, 6) is 0.789. The summed E-state index contributed by atoms with van der Waals surface area (Å²) in [5, 5.41) is 24.9. The Labute approximate surface area is 80.4 Å². The Morgan fingerprint density at radius 3 is 1.71 bits per heavy atom. The van der Waals surface area contributed by atoms with Gasteiger partial charge in [0.1, 0.15) is 13.5 Å². The normalized spacial score (nSPS) is 9.64. The second kappa shape index (κ2) is 5.14. The van der Waals surface area contributed by atoms with Crippen LogP contribution in [0.4, 0.5) is 17.8 Å². The predicted molar refractivity (Wildman–Crippen MR) is 50.8 cm³/mol. The lowest BCUT2D eigenvalue weighted by Gasteiger charge is -2.06. The van der Waals surface area contributed by atoms with E-state index >= 15 is 0 Å². The molecule has 0 aliphatic rings. The van der Waals surface area contributed by atoms with Gasteiger partial charge in [0, 0.05) is 7.05 Å². The Kier molecular flexibility index (Phi) is 3.83. The summed E-state index contributed by atoms with van der Waals surface area (Å²) in [5.41, 5.74) is 0. The molecular formula is C6H12N6O2. The minimum absolute atomic E-state index is 0.225. The summed E-state index contributed by atoms with van der Waals surface area (Å²) in [6.45, 7) is -0.544. The van der Waals surface area contributed by atoms with E-state index in [1.807, 2.05) is 0 Å². The van der Waals surface area contributed by atoms with E-state index in [4.69, 9.17) is 10.2 Å². The molecule has 0 radical (unpaired) electrons. The summed E-state index contributed by atoms with van der Waals surface area (Å²) < 4.78 is 0. The van der Waals surface area contributed by atoms with Crippen LogP contribution < -0.4 is 16.0 Å². The Bertz CT molecular complexity index is 269. The number of anilines is 3. The molecule has 0 saturated carbocycles. The molecular weight excluding hydrogens is 188 g/mol. The molecule has 0 spiro atoms. The van der Waals surface area contributed by atoms with Crippen molar-refractivity contribution >= 4 is 17.8 Å². The molecule has 1 aromatic heterocycles. The van der Waals surface area contributed by atoms with Gasteiger partial charge in [-0.2, -0.15) is 15.0 Å². The lowest BCUT2D eigenvalue weighted by molar-refractivity contribution is 0.323. The highest BCUT2D eigenvalue weighted by atomic mass is 16.3. The number of rotatable bonds is 5. The smallest absolute Gasteiger partial charge is 0.231 e. The topological polar surface area (TPSA) is 115 Å². The van der Waals surface area contributed by atoms with Crippen LogP contribution in [0.25, 0.3) is 0 Å². The fourth-order valence-corrected chi connectivity index (χ4v) is 0.787. The van der Waals surface area contributed by atoms with Crippen LogP contribution >= 0.6 is 0 Å². The molecule has 0 aliphatic carbocycles. The van der Waals surface area contributed by atoms with Gasteiger partial charge >= 0.3 is 0 Å². The SMILES string of the molecule is CNc1nc(NCO)nc(NCO)n1. The van der Waals surface area contributed by atoms with Crippen molar-refractivity contribution in [3.63, 3.8) is 0 Å². The second-order valence-corrected chi connectivity index (χ2v) is 2.23. The summed E-state index contributed by atoms with van der Waals surface area (Å²) in [6.07, 6.45) is 0. The first-order chi connectivity index (χ1) is 6.80. The van der Waals surface area contributed by atoms with Crippen molar-refractivity contribution in [1.29, 1.82) is 0 Å². The van der Waals surface area contributed by atoms with Crippen molar-refractivity contribution in [1.82, 2.24) is 15.0 Å². The van der Waals surface area contributed by atoms with Gasteiger partial charge in [-0.05, 0) is 0 Å². The number of aromatic nitrogens is 3. The zero-order chi connectivity index (χ0) is 10.4. The van der Waals surface area contributed by atoms with Gasteiger partial charge in [0.05, 0.1) is 0 Å². The molecule has 0 unspecified atom stereocenters. The summed E-state index contributed by atoms with van der Waals surface area (Å²) >= 11 is 0. The van der Waals surface area contributed by atoms with Crippen LogP contribution in [0.1, 0.15) is 0 Å². The third kappa shape index (κ3) is 2.68. The fraction of sp³-hybridized carbons (Fsp3) is 0.500. The second-order valence-electron chi connectivity index (χ2n) is 2.23. The first-order valence-corrected chi connectivity index (χ1v) is 3.93. The van der Waals surface area contributed by atoms with Gasteiger partial charge in [-0.3, -0.25) is 0 Å². The van der Waals surface area contributed by atoms with Gasteiger partial charge in [-0.25, -0.2) is 0 Å². The Hall–Kier alpha value is -1.67. The van der Waals surface area contributed by atoms with Crippen molar-refractivity contribution in [2.45, 2.75) is 0 Å². The molecule has 0 saturated heterocycles. The average molecular weight is 200 g/mol. The molecule has 1 heterocycles. The molecule has 0 aliphatic heterocycles. The third-order valence-corrected chi connectivity index (χ3v) is 1.33. The van der Waals surface area contributed by atoms with E-state index < -0.39 is 0 Å². The third-order valence-electron chi connectivity index (χ3n) is 1.33. The van der Waals surface area contributed by atoms with E-state index in [2.05, 4.69) is 30.9 Å². The first-order valence-electron chi connectivity index (χ1n) is 3.93. The van der Waals surface area contributed by atoms with E-state index in [0.29, 0.717) is 5.95 Å². The standard InChI is InChI=1S/C6H12N6O2/c1-7-4-10-5(8-2-13)12-6(11-4)9-3-14/h13-14H,2-3H2,1H3,(H3,7,8,9,10,11,12). The number of hydrogen-bond donors (Lipinski definition) is 5. The molecule has 1 aromatic rings.